The lowest BCUT2D eigenvalue weighted by Crippen LogP contribution is -2.45. The molecule has 1 fully saturated rings. The number of aromatic hydroxyl groups is 1. The number of carbonyl (C=O) groups is 2. The highest BCUT2D eigenvalue weighted by Gasteiger charge is 2.29. The third-order valence-corrected chi connectivity index (χ3v) is 4.76. The summed E-state index contributed by atoms with van der Waals surface area (Å²) in [7, 11) is 0. The van der Waals surface area contributed by atoms with Gasteiger partial charge in [0.25, 0.3) is 0 Å². The van der Waals surface area contributed by atoms with Crippen LogP contribution in [-0.2, 0) is 16.0 Å². The molecule has 1 aliphatic carbocycles. The van der Waals surface area contributed by atoms with E-state index in [9.17, 15) is 19.8 Å². The Bertz CT molecular complexity index is 534. The Kier molecular flexibility index (Phi) is 6.02. The van der Waals surface area contributed by atoms with Crippen molar-refractivity contribution in [1.82, 2.24) is 5.32 Å². The maximum absolute atomic E-state index is 12.4. The number of carboxylic acids is 1. The van der Waals surface area contributed by atoms with Crippen LogP contribution in [0, 0.1) is 11.8 Å². The topological polar surface area (TPSA) is 86.6 Å². The molecule has 5 heteroatoms. The van der Waals surface area contributed by atoms with E-state index in [-0.39, 0.29) is 24.0 Å². The van der Waals surface area contributed by atoms with Gasteiger partial charge in [0.05, 0.1) is 0 Å². The maximum atomic E-state index is 12.4. The van der Waals surface area contributed by atoms with Gasteiger partial charge in [-0.05, 0) is 36.5 Å². The first-order chi connectivity index (χ1) is 11.0. The van der Waals surface area contributed by atoms with E-state index in [0.29, 0.717) is 5.92 Å². The molecule has 23 heavy (non-hydrogen) atoms. The molecule has 0 spiro atoms. The van der Waals surface area contributed by atoms with E-state index in [2.05, 4.69) is 5.32 Å². The van der Waals surface area contributed by atoms with E-state index in [1.54, 1.807) is 12.1 Å². The summed E-state index contributed by atoms with van der Waals surface area (Å²) in [6, 6.07) is 5.42. The van der Waals surface area contributed by atoms with E-state index in [0.717, 1.165) is 31.2 Å². The number of benzene rings is 1. The molecule has 1 aromatic rings. The fourth-order valence-electron chi connectivity index (χ4n) is 3.22. The van der Waals surface area contributed by atoms with Gasteiger partial charge in [0.15, 0.2) is 0 Å². The van der Waals surface area contributed by atoms with E-state index in [1.807, 2.05) is 6.92 Å². The number of hydrogen-bond donors (Lipinski definition) is 3. The van der Waals surface area contributed by atoms with Crippen LogP contribution < -0.4 is 5.32 Å². The zero-order valence-electron chi connectivity index (χ0n) is 13.5. The normalized spacial score (nSPS) is 18.1. The Hall–Kier alpha value is -2.04. The van der Waals surface area contributed by atoms with Crippen molar-refractivity contribution >= 4 is 11.9 Å². The van der Waals surface area contributed by atoms with Gasteiger partial charge in [-0.25, -0.2) is 4.79 Å². The first kappa shape index (κ1) is 17.3. The van der Waals surface area contributed by atoms with E-state index >= 15 is 0 Å². The van der Waals surface area contributed by atoms with Crippen LogP contribution in [0.1, 0.15) is 44.6 Å². The summed E-state index contributed by atoms with van der Waals surface area (Å²) in [6.07, 6.45) is 5.83. The van der Waals surface area contributed by atoms with Crippen LogP contribution in [-0.4, -0.2) is 28.1 Å². The van der Waals surface area contributed by atoms with Crippen LogP contribution >= 0.6 is 0 Å². The van der Waals surface area contributed by atoms with E-state index in [4.69, 9.17) is 0 Å². The summed E-state index contributed by atoms with van der Waals surface area (Å²) in [5.74, 6) is -0.884. The van der Waals surface area contributed by atoms with E-state index < -0.39 is 12.0 Å². The highest BCUT2D eigenvalue weighted by atomic mass is 16.4. The van der Waals surface area contributed by atoms with Gasteiger partial charge in [-0.15, -0.1) is 0 Å². The van der Waals surface area contributed by atoms with Crippen molar-refractivity contribution in [2.45, 2.75) is 51.5 Å². The number of nitrogens with one attached hydrogen (secondary N) is 1. The lowest BCUT2D eigenvalue weighted by atomic mass is 9.80. The van der Waals surface area contributed by atoms with Crippen molar-refractivity contribution in [3.05, 3.63) is 29.8 Å². The van der Waals surface area contributed by atoms with Crippen LogP contribution in [0.25, 0.3) is 0 Å². The highest BCUT2D eigenvalue weighted by Crippen LogP contribution is 2.30. The SMILES string of the molecule is CC(C(=O)N[C@@H](Cc1ccc(O)cc1)C(=O)O)C1CCCCC1. The molecule has 1 saturated carbocycles. The second-order valence-corrected chi connectivity index (χ2v) is 6.46. The molecular weight excluding hydrogens is 294 g/mol. The molecule has 1 unspecified atom stereocenters. The van der Waals surface area contributed by atoms with Crippen molar-refractivity contribution in [2.75, 3.05) is 0 Å². The number of phenolic OH excluding ortho intramolecular Hbond substituents is 1. The predicted octanol–water partition coefficient (Wildman–Crippen LogP) is 2.72. The largest absolute Gasteiger partial charge is 0.508 e. The first-order valence-corrected chi connectivity index (χ1v) is 8.28. The van der Waals surface area contributed by atoms with Crippen molar-refractivity contribution in [1.29, 1.82) is 0 Å². The van der Waals surface area contributed by atoms with Crippen molar-refractivity contribution in [2.24, 2.45) is 11.8 Å². The monoisotopic (exact) mass is 319 g/mol. The van der Waals surface area contributed by atoms with Crippen molar-refractivity contribution in [3.63, 3.8) is 0 Å². The Morgan fingerprint density at radius 3 is 2.35 bits per heavy atom. The molecule has 0 aromatic heterocycles. The number of phenols is 1. The average Bonchev–Trinajstić information content (AvgIpc) is 2.56. The lowest BCUT2D eigenvalue weighted by molar-refractivity contribution is -0.142. The number of carboxylic acid groups (broad SMARTS) is 1. The van der Waals surface area contributed by atoms with Crippen LogP contribution in [0.15, 0.2) is 24.3 Å². The standard InChI is InChI=1S/C18H25NO4/c1-12(14-5-3-2-4-6-14)17(21)19-16(18(22)23)11-13-7-9-15(20)10-8-13/h7-10,12,14,16,20H,2-6,11H2,1H3,(H,19,21)(H,22,23)/t12?,16-/m0/s1. The maximum Gasteiger partial charge on any atom is 0.326 e. The molecule has 1 aliphatic rings. The number of carbonyl (C=O) groups excluding carboxylic acids is 1. The van der Waals surface area contributed by atoms with Gasteiger partial charge in [-0.3, -0.25) is 4.79 Å². The molecule has 2 atom stereocenters. The second kappa shape index (κ2) is 7.99. The Labute approximate surface area is 136 Å². The quantitative estimate of drug-likeness (QED) is 0.752. The third-order valence-electron chi connectivity index (χ3n) is 4.76. The molecule has 0 radical (unpaired) electrons. The van der Waals surface area contributed by atoms with Crippen molar-refractivity contribution in [3.8, 4) is 5.75 Å². The predicted molar refractivity (Wildman–Crippen MR) is 87.1 cm³/mol. The summed E-state index contributed by atoms with van der Waals surface area (Å²) in [5, 5.41) is 21.3. The van der Waals surface area contributed by atoms with Gasteiger partial charge in [0.2, 0.25) is 5.91 Å². The van der Waals surface area contributed by atoms with Crippen LogP contribution in [0.2, 0.25) is 0 Å². The van der Waals surface area contributed by atoms with Crippen molar-refractivity contribution < 1.29 is 19.8 Å². The highest BCUT2D eigenvalue weighted by molar-refractivity contribution is 5.85. The smallest absolute Gasteiger partial charge is 0.326 e. The summed E-state index contributed by atoms with van der Waals surface area (Å²) >= 11 is 0. The summed E-state index contributed by atoms with van der Waals surface area (Å²) < 4.78 is 0. The van der Waals surface area contributed by atoms with Crippen LogP contribution in [0.3, 0.4) is 0 Å². The molecule has 1 amide bonds. The molecule has 0 saturated heterocycles. The number of amides is 1. The fourth-order valence-corrected chi connectivity index (χ4v) is 3.22. The third kappa shape index (κ3) is 4.98. The minimum atomic E-state index is -1.04. The molecule has 0 aliphatic heterocycles. The Morgan fingerprint density at radius 1 is 1.17 bits per heavy atom. The molecule has 5 nitrogen and oxygen atoms in total. The lowest BCUT2D eigenvalue weighted by Gasteiger charge is -2.28. The van der Waals surface area contributed by atoms with Gasteiger partial charge < -0.3 is 15.5 Å². The summed E-state index contributed by atoms with van der Waals surface area (Å²) in [4.78, 5) is 23.8. The molecule has 3 N–H and O–H groups in total. The first-order valence-electron chi connectivity index (χ1n) is 8.28. The zero-order chi connectivity index (χ0) is 16.8. The van der Waals surface area contributed by atoms with Gasteiger partial charge in [-0.1, -0.05) is 38.3 Å². The minimum Gasteiger partial charge on any atom is -0.508 e. The number of aliphatic carboxylic acids is 1. The fraction of sp³-hybridized carbons (Fsp3) is 0.556. The Balaban J connectivity index is 1.96. The molecule has 0 bridgehead atoms. The summed E-state index contributed by atoms with van der Waals surface area (Å²) in [6.45, 7) is 1.89. The zero-order valence-corrected chi connectivity index (χ0v) is 13.5. The number of hydrogen-bond acceptors (Lipinski definition) is 3. The number of rotatable bonds is 6. The van der Waals surface area contributed by atoms with Gasteiger partial charge in [-0.2, -0.15) is 0 Å². The molecule has 0 heterocycles. The van der Waals surface area contributed by atoms with Gasteiger partial charge in [0, 0.05) is 12.3 Å². The molecule has 126 valence electrons. The molecule has 2 rings (SSSR count). The van der Waals surface area contributed by atoms with E-state index in [1.165, 1.54) is 18.6 Å². The average molecular weight is 319 g/mol. The summed E-state index contributed by atoms with van der Waals surface area (Å²) in [5.41, 5.74) is 0.765. The Morgan fingerprint density at radius 2 is 1.78 bits per heavy atom. The molecule has 1 aromatic carbocycles. The molecular formula is C18H25NO4. The minimum absolute atomic E-state index is 0.135. The van der Waals surface area contributed by atoms with Gasteiger partial charge >= 0.3 is 5.97 Å². The second-order valence-electron chi connectivity index (χ2n) is 6.46. The van der Waals surface area contributed by atoms with Crippen LogP contribution in [0.5, 0.6) is 5.75 Å². The van der Waals surface area contributed by atoms with Crippen LogP contribution in [0.4, 0.5) is 0 Å². The van der Waals surface area contributed by atoms with Gasteiger partial charge in [0.1, 0.15) is 11.8 Å².